The molecule has 1 unspecified atom stereocenters. The molecular formula is C22H21F3N4O. The second kappa shape index (κ2) is 8.99. The molecule has 0 aliphatic heterocycles. The van der Waals surface area contributed by atoms with Crippen LogP contribution in [0.15, 0.2) is 61.2 Å². The number of aryl methyl sites for hydroxylation is 1. The molecule has 1 aromatic heterocycles. The fraction of sp³-hybridized carbons (Fsp3) is 0.318. The first-order valence-corrected chi connectivity index (χ1v) is 9.50. The molecule has 1 atom stereocenters. The van der Waals surface area contributed by atoms with Crippen LogP contribution in [0.3, 0.4) is 0 Å². The topological polar surface area (TPSA) is 63.7 Å². The number of alkyl halides is 3. The lowest BCUT2D eigenvalue weighted by Gasteiger charge is -2.29. The Morgan fingerprint density at radius 2 is 1.93 bits per heavy atom. The molecule has 3 aromatic rings. The van der Waals surface area contributed by atoms with Crippen molar-refractivity contribution in [2.75, 3.05) is 6.61 Å². The lowest BCUT2D eigenvalue weighted by Crippen LogP contribution is -2.32. The third kappa shape index (κ3) is 4.79. The van der Waals surface area contributed by atoms with E-state index in [1.807, 2.05) is 25.1 Å². The molecule has 0 fully saturated rings. The predicted molar refractivity (Wildman–Crippen MR) is 105 cm³/mol. The van der Waals surface area contributed by atoms with E-state index >= 15 is 0 Å². The van der Waals surface area contributed by atoms with Crippen LogP contribution in [0.25, 0.3) is 0 Å². The minimum Gasteiger partial charge on any atom is -0.494 e. The van der Waals surface area contributed by atoms with Crippen LogP contribution in [0.2, 0.25) is 0 Å². The number of nitriles is 1. The zero-order chi connectivity index (χ0) is 21.6. The van der Waals surface area contributed by atoms with Crippen LogP contribution >= 0.6 is 0 Å². The molecule has 0 saturated heterocycles. The van der Waals surface area contributed by atoms with Crippen molar-refractivity contribution in [2.45, 2.75) is 37.9 Å². The molecule has 2 aromatic carbocycles. The second-order valence-electron chi connectivity index (χ2n) is 6.91. The van der Waals surface area contributed by atoms with Crippen molar-refractivity contribution in [1.29, 1.82) is 5.26 Å². The summed E-state index contributed by atoms with van der Waals surface area (Å²) in [6.45, 7) is 2.48. The summed E-state index contributed by atoms with van der Waals surface area (Å²) in [6, 6.07) is 14.8. The first-order chi connectivity index (χ1) is 14.4. The minimum absolute atomic E-state index is 0.201. The molecule has 0 N–H and O–H groups in total. The number of aromatic nitrogens is 3. The average molecular weight is 414 g/mol. The van der Waals surface area contributed by atoms with E-state index in [-0.39, 0.29) is 19.4 Å². The Labute approximate surface area is 172 Å². The lowest BCUT2D eigenvalue weighted by atomic mass is 9.76. The zero-order valence-corrected chi connectivity index (χ0v) is 16.4. The molecule has 0 aliphatic carbocycles. The fourth-order valence-corrected chi connectivity index (χ4v) is 3.45. The van der Waals surface area contributed by atoms with Gasteiger partial charge in [-0.15, -0.1) is 0 Å². The van der Waals surface area contributed by atoms with Gasteiger partial charge in [-0.3, -0.25) is 4.68 Å². The maximum Gasteiger partial charge on any atom is 0.416 e. The van der Waals surface area contributed by atoms with Gasteiger partial charge < -0.3 is 4.74 Å². The average Bonchev–Trinajstić information content (AvgIpc) is 3.24. The van der Waals surface area contributed by atoms with Crippen molar-refractivity contribution in [3.8, 4) is 11.8 Å². The van der Waals surface area contributed by atoms with E-state index in [2.05, 4.69) is 16.2 Å². The van der Waals surface area contributed by atoms with Gasteiger partial charge in [0.15, 0.2) is 0 Å². The maximum atomic E-state index is 13.1. The number of ether oxygens (including phenoxy) is 1. The molecule has 0 spiro atoms. The van der Waals surface area contributed by atoms with E-state index < -0.39 is 17.2 Å². The smallest absolute Gasteiger partial charge is 0.416 e. The highest BCUT2D eigenvalue weighted by Crippen LogP contribution is 2.37. The first-order valence-electron chi connectivity index (χ1n) is 9.50. The second-order valence-corrected chi connectivity index (χ2v) is 6.91. The first kappa shape index (κ1) is 21.4. The summed E-state index contributed by atoms with van der Waals surface area (Å²) >= 11 is 0. The van der Waals surface area contributed by atoms with Crippen molar-refractivity contribution in [3.05, 3.63) is 77.9 Å². The number of hydrogen-bond acceptors (Lipinski definition) is 4. The largest absolute Gasteiger partial charge is 0.494 e. The van der Waals surface area contributed by atoms with E-state index in [1.165, 1.54) is 18.7 Å². The van der Waals surface area contributed by atoms with E-state index in [9.17, 15) is 18.4 Å². The quantitative estimate of drug-likeness (QED) is 0.532. The van der Waals surface area contributed by atoms with Crippen LogP contribution < -0.4 is 4.74 Å². The van der Waals surface area contributed by atoms with Crippen LogP contribution in [0, 0.1) is 11.3 Å². The van der Waals surface area contributed by atoms with Gasteiger partial charge in [0.1, 0.15) is 23.8 Å². The number of benzene rings is 2. The monoisotopic (exact) mass is 414 g/mol. The molecule has 1 heterocycles. The number of hydrogen-bond donors (Lipinski definition) is 0. The summed E-state index contributed by atoms with van der Waals surface area (Å²) in [5.74, 6) is 0.575. The van der Waals surface area contributed by atoms with Gasteiger partial charge >= 0.3 is 6.18 Å². The maximum absolute atomic E-state index is 13.1. The Bertz CT molecular complexity index is 1010. The molecule has 3 rings (SSSR count). The summed E-state index contributed by atoms with van der Waals surface area (Å²) in [5, 5.41) is 14.4. The zero-order valence-electron chi connectivity index (χ0n) is 16.4. The predicted octanol–water partition coefficient (Wildman–Crippen LogP) is 4.79. The summed E-state index contributed by atoms with van der Waals surface area (Å²) in [4.78, 5) is 3.94. The molecule has 8 heteroatoms. The third-order valence-electron chi connectivity index (χ3n) is 4.91. The molecule has 0 saturated carbocycles. The Kier molecular flexibility index (Phi) is 6.40. The lowest BCUT2D eigenvalue weighted by molar-refractivity contribution is -0.137. The molecule has 5 nitrogen and oxygen atoms in total. The molecule has 0 radical (unpaired) electrons. The summed E-state index contributed by atoms with van der Waals surface area (Å²) in [6.07, 6.45) is -0.949. The Balaban J connectivity index is 1.98. The van der Waals surface area contributed by atoms with Crippen molar-refractivity contribution >= 4 is 0 Å². The van der Waals surface area contributed by atoms with Gasteiger partial charge in [-0.25, -0.2) is 4.98 Å². The van der Waals surface area contributed by atoms with Crippen LogP contribution in [0.5, 0.6) is 5.75 Å². The van der Waals surface area contributed by atoms with Gasteiger partial charge in [0.2, 0.25) is 0 Å². The summed E-state index contributed by atoms with van der Waals surface area (Å²) < 4.78 is 46.5. The van der Waals surface area contributed by atoms with E-state index in [4.69, 9.17) is 4.74 Å². The molecule has 0 aliphatic rings. The Morgan fingerprint density at radius 1 is 1.13 bits per heavy atom. The molecule has 0 amide bonds. The highest BCUT2D eigenvalue weighted by atomic mass is 19.4. The van der Waals surface area contributed by atoms with Crippen LogP contribution in [-0.4, -0.2) is 21.4 Å². The third-order valence-corrected chi connectivity index (χ3v) is 4.91. The minimum atomic E-state index is -4.41. The SMILES string of the molecule is CCOc1ccccc1C(C#N)(CCc1cccc(C(F)(F)F)c1)Cn1cncn1. The normalized spacial score (nSPS) is 13.4. The van der Waals surface area contributed by atoms with E-state index in [0.717, 1.165) is 12.1 Å². The highest BCUT2D eigenvalue weighted by Gasteiger charge is 2.36. The molecular weight excluding hydrogens is 393 g/mol. The van der Waals surface area contributed by atoms with Gasteiger partial charge in [-0.1, -0.05) is 36.4 Å². The summed E-state index contributed by atoms with van der Waals surface area (Å²) in [5.41, 5.74) is -0.574. The van der Waals surface area contributed by atoms with Crippen LogP contribution in [-0.2, 0) is 24.6 Å². The van der Waals surface area contributed by atoms with Gasteiger partial charge in [-0.05, 0) is 37.5 Å². The number of halogens is 3. The summed E-state index contributed by atoms with van der Waals surface area (Å²) in [7, 11) is 0. The van der Waals surface area contributed by atoms with Crippen LogP contribution in [0.4, 0.5) is 13.2 Å². The van der Waals surface area contributed by atoms with Gasteiger partial charge in [0, 0.05) is 5.56 Å². The Hall–Kier alpha value is -3.34. The number of para-hydroxylation sites is 1. The number of nitrogens with zero attached hydrogens (tertiary/aromatic N) is 4. The van der Waals surface area contributed by atoms with Crippen molar-refractivity contribution in [2.24, 2.45) is 0 Å². The van der Waals surface area contributed by atoms with Crippen molar-refractivity contribution in [1.82, 2.24) is 14.8 Å². The van der Waals surface area contributed by atoms with Crippen molar-refractivity contribution in [3.63, 3.8) is 0 Å². The van der Waals surface area contributed by atoms with Gasteiger partial charge in [-0.2, -0.15) is 23.5 Å². The van der Waals surface area contributed by atoms with E-state index in [0.29, 0.717) is 23.5 Å². The van der Waals surface area contributed by atoms with Gasteiger partial charge in [0.25, 0.3) is 0 Å². The number of rotatable bonds is 8. The molecule has 0 bridgehead atoms. The Morgan fingerprint density at radius 3 is 2.60 bits per heavy atom. The van der Waals surface area contributed by atoms with Crippen molar-refractivity contribution < 1.29 is 17.9 Å². The van der Waals surface area contributed by atoms with Crippen LogP contribution in [0.1, 0.15) is 30.0 Å². The van der Waals surface area contributed by atoms with E-state index in [1.54, 1.807) is 16.8 Å². The van der Waals surface area contributed by atoms with Gasteiger partial charge in [0.05, 0.1) is 24.8 Å². The molecule has 156 valence electrons. The fourth-order valence-electron chi connectivity index (χ4n) is 3.45. The highest BCUT2D eigenvalue weighted by molar-refractivity contribution is 5.44. The molecule has 30 heavy (non-hydrogen) atoms. The standard InChI is InChI=1S/C22H21F3N4O/c1-2-30-20-9-4-3-8-19(20)21(13-26,14-29-16-27-15-28-29)11-10-17-6-5-7-18(12-17)22(23,24)25/h3-9,12,15-16H,2,10-11,14H2,1H3.